The van der Waals surface area contributed by atoms with Gasteiger partial charge in [-0.05, 0) is 22.9 Å². The summed E-state index contributed by atoms with van der Waals surface area (Å²) < 4.78 is 4.39. The molecule has 1 amide bonds. The van der Waals surface area contributed by atoms with Gasteiger partial charge in [-0.2, -0.15) is 10.2 Å². The molecule has 0 aliphatic rings. The molecule has 6 nitrogen and oxygen atoms in total. The maximum absolute atomic E-state index is 11.8. The number of carbonyl (C=O) groups is 1. The number of carbonyl (C=O) groups excluding carboxylic acids is 1. The summed E-state index contributed by atoms with van der Waals surface area (Å²) in [5, 5.41) is 11.6. The fraction of sp³-hybridized carbons (Fsp3) is 0.417. The summed E-state index contributed by atoms with van der Waals surface area (Å²) in [5.41, 5.74) is 0.823. The third kappa shape index (κ3) is 3.83. The third-order valence-electron chi connectivity index (χ3n) is 2.82. The first kappa shape index (κ1) is 15.1. The SMILES string of the molecule is CCn1ncc(Cl)c1CNC(=O)CCn1cc(Br)cn1. The monoisotopic (exact) mass is 359 g/mol. The van der Waals surface area contributed by atoms with Crippen LogP contribution in [0.4, 0.5) is 0 Å². The molecule has 108 valence electrons. The quantitative estimate of drug-likeness (QED) is 0.859. The van der Waals surface area contributed by atoms with Gasteiger partial charge in [-0.1, -0.05) is 11.6 Å². The topological polar surface area (TPSA) is 64.7 Å². The fourth-order valence-electron chi connectivity index (χ4n) is 1.78. The Balaban J connectivity index is 1.81. The molecule has 1 N–H and O–H groups in total. The minimum atomic E-state index is -0.0449. The Morgan fingerprint density at radius 3 is 2.90 bits per heavy atom. The van der Waals surface area contributed by atoms with Crippen molar-refractivity contribution in [3.63, 3.8) is 0 Å². The zero-order valence-electron chi connectivity index (χ0n) is 11.0. The lowest BCUT2D eigenvalue weighted by atomic mass is 10.3. The van der Waals surface area contributed by atoms with E-state index in [4.69, 9.17) is 11.6 Å². The van der Waals surface area contributed by atoms with Crippen LogP contribution in [0.3, 0.4) is 0 Å². The van der Waals surface area contributed by atoms with Crippen LogP contribution >= 0.6 is 27.5 Å². The minimum absolute atomic E-state index is 0.0449. The smallest absolute Gasteiger partial charge is 0.222 e. The van der Waals surface area contributed by atoms with Gasteiger partial charge in [0, 0.05) is 25.7 Å². The van der Waals surface area contributed by atoms with Crippen molar-refractivity contribution >= 4 is 33.4 Å². The van der Waals surface area contributed by atoms with Crippen molar-refractivity contribution in [2.45, 2.75) is 33.0 Å². The number of hydrogen-bond acceptors (Lipinski definition) is 3. The van der Waals surface area contributed by atoms with Crippen LogP contribution in [0, 0.1) is 0 Å². The number of rotatable bonds is 6. The number of amides is 1. The van der Waals surface area contributed by atoms with Crippen molar-refractivity contribution in [3.05, 3.63) is 33.8 Å². The van der Waals surface area contributed by atoms with Crippen LogP contribution in [0.2, 0.25) is 5.02 Å². The average Bonchev–Trinajstić information content (AvgIpc) is 3.00. The first-order valence-corrected chi connectivity index (χ1v) is 7.42. The highest BCUT2D eigenvalue weighted by atomic mass is 79.9. The summed E-state index contributed by atoms with van der Waals surface area (Å²) in [6, 6.07) is 0. The highest BCUT2D eigenvalue weighted by Crippen LogP contribution is 2.14. The second-order valence-electron chi connectivity index (χ2n) is 4.20. The first-order chi connectivity index (χ1) is 9.60. The van der Waals surface area contributed by atoms with Gasteiger partial charge in [-0.3, -0.25) is 14.2 Å². The highest BCUT2D eigenvalue weighted by Gasteiger charge is 2.09. The lowest BCUT2D eigenvalue weighted by Gasteiger charge is -2.08. The normalized spacial score (nSPS) is 10.8. The van der Waals surface area contributed by atoms with Crippen LogP contribution in [-0.2, 0) is 24.4 Å². The van der Waals surface area contributed by atoms with Gasteiger partial charge >= 0.3 is 0 Å². The predicted octanol–water partition coefficient (Wildman–Crippen LogP) is 2.22. The first-order valence-electron chi connectivity index (χ1n) is 6.25. The molecule has 0 aliphatic heterocycles. The summed E-state index contributed by atoms with van der Waals surface area (Å²) in [6.45, 7) is 3.62. The standard InChI is InChI=1S/C12H15BrClN5O/c1-2-19-11(10(14)6-17-19)7-15-12(20)3-4-18-8-9(13)5-16-18/h5-6,8H,2-4,7H2,1H3,(H,15,20). The van der Waals surface area contributed by atoms with Crippen molar-refractivity contribution < 1.29 is 4.79 Å². The maximum Gasteiger partial charge on any atom is 0.222 e. The van der Waals surface area contributed by atoms with E-state index < -0.39 is 0 Å². The molecule has 2 aromatic heterocycles. The van der Waals surface area contributed by atoms with Gasteiger partial charge in [0.2, 0.25) is 5.91 Å². The molecule has 0 unspecified atom stereocenters. The van der Waals surface area contributed by atoms with Crippen LogP contribution in [0.1, 0.15) is 19.0 Å². The molecular weight excluding hydrogens is 346 g/mol. The second kappa shape index (κ2) is 6.90. The van der Waals surface area contributed by atoms with Crippen LogP contribution < -0.4 is 5.32 Å². The molecule has 0 radical (unpaired) electrons. The largest absolute Gasteiger partial charge is 0.350 e. The Labute approximate surface area is 130 Å². The van der Waals surface area contributed by atoms with Crippen LogP contribution in [0.15, 0.2) is 23.1 Å². The minimum Gasteiger partial charge on any atom is -0.350 e. The highest BCUT2D eigenvalue weighted by molar-refractivity contribution is 9.10. The van der Waals surface area contributed by atoms with Gasteiger partial charge < -0.3 is 5.32 Å². The molecule has 2 heterocycles. The fourth-order valence-corrected chi connectivity index (χ4v) is 2.32. The lowest BCUT2D eigenvalue weighted by molar-refractivity contribution is -0.121. The summed E-state index contributed by atoms with van der Waals surface area (Å²) in [6.07, 6.45) is 5.48. The molecule has 0 atom stereocenters. The molecule has 0 bridgehead atoms. The molecule has 20 heavy (non-hydrogen) atoms. The lowest BCUT2D eigenvalue weighted by Crippen LogP contribution is -2.25. The zero-order chi connectivity index (χ0) is 14.5. The van der Waals surface area contributed by atoms with E-state index in [1.165, 1.54) is 0 Å². The van der Waals surface area contributed by atoms with Gasteiger partial charge in [0.1, 0.15) is 0 Å². The number of aromatic nitrogens is 4. The maximum atomic E-state index is 11.8. The van der Waals surface area contributed by atoms with Gasteiger partial charge in [0.15, 0.2) is 0 Å². The van der Waals surface area contributed by atoms with Crippen molar-refractivity contribution in [2.24, 2.45) is 0 Å². The van der Waals surface area contributed by atoms with E-state index in [1.807, 2.05) is 13.1 Å². The number of halogens is 2. The second-order valence-corrected chi connectivity index (χ2v) is 5.53. The van der Waals surface area contributed by atoms with Gasteiger partial charge in [-0.15, -0.1) is 0 Å². The molecule has 8 heteroatoms. The molecule has 0 saturated carbocycles. The number of hydrogen-bond donors (Lipinski definition) is 1. The Morgan fingerprint density at radius 1 is 1.45 bits per heavy atom. The number of nitrogens with one attached hydrogen (secondary N) is 1. The van der Waals surface area contributed by atoms with E-state index in [0.717, 1.165) is 16.7 Å². The van der Waals surface area contributed by atoms with E-state index in [0.29, 0.717) is 24.5 Å². The van der Waals surface area contributed by atoms with Crippen molar-refractivity contribution in [2.75, 3.05) is 0 Å². The Bertz CT molecular complexity index is 594. The Hall–Kier alpha value is -1.34. The van der Waals surface area contributed by atoms with Crippen LogP contribution in [0.5, 0.6) is 0 Å². The van der Waals surface area contributed by atoms with E-state index in [2.05, 4.69) is 31.4 Å². The molecule has 0 aromatic carbocycles. The molecular formula is C12H15BrClN5O. The molecule has 2 rings (SSSR count). The van der Waals surface area contributed by atoms with Gasteiger partial charge in [0.05, 0.1) is 34.1 Å². The average molecular weight is 361 g/mol. The van der Waals surface area contributed by atoms with Crippen molar-refractivity contribution in [1.82, 2.24) is 24.9 Å². The summed E-state index contributed by atoms with van der Waals surface area (Å²) in [4.78, 5) is 11.8. The zero-order valence-corrected chi connectivity index (χ0v) is 13.4. The summed E-state index contributed by atoms with van der Waals surface area (Å²) in [5.74, 6) is -0.0449. The molecule has 0 spiro atoms. The number of aryl methyl sites for hydroxylation is 2. The van der Waals surface area contributed by atoms with E-state index in [1.54, 1.807) is 21.8 Å². The van der Waals surface area contributed by atoms with Crippen molar-refractivity contribution in [1.29, 1.82) is 0 Å². The summed E-state index contributed by atoms with van der Waals surface area (Å²) >= 11 is 9.34. The van der Waals surface area contributed by atoms with Crippen molar-refractivity contribution in [3.8, 4) is 0 Å². The molecule has 0 fully saturated rings. The number of nitrogens with zero attached hydrogens (tertiary/aromatic N) is 4. The Morgan fingerprint density at radius 2 is 2.25 bits per heavy atom. The summed E-state index contributed by atoms with van der Waals surface area (Å²) in [7, 11) is 0. The third-order valence-corrected chi connectivity index (χ3v) is 3.55. The molecule has 0 aliphatic carbocycles. The molecule has 2 aromatic rings. The van der Waals surface area contributed by atoms with E-state index in [9.17, 15) is 4.79 Å². The van der Waals surface area contributed by atoms with Gasteiger partial charge in [0.25, 0.3) is 0 Å². The molecule has 0 saturated heterocycles. The Kier molecular flexibility index (Phi) is 5.19. The van der Waals surface area contributed by atoms with E-state index >= 15 is 0 Å². The predicted molar refractivity (Wildman–Crippen MR) is 79.3 cm³/mol. The van der Waals surface area contributed by atoms with Crippen LogP contribution in [0.25, 0.3) is 0 Å². The van der Waals surface area contributed by atoms with Crippen LogP contribution in [-0.4, -0.2) is 25.5 Å². The van der Waals surface area contributed by atoms with E-state index in [-0.39, 0.29) is 5.91 Å². The van der Waals surface area contributed by atoms with Gasteiger partial charge in [-0.25, -0.2) is 0 Å².